The summed E-state index contributed by atoms with van der Waals surface area (Å²) in [5.41, 5.74) is 0. The lowest BCUT2D eigenvalue weighted by Gasteiger charge is -1.97. The minimum atomic E-state index is -0.776. The van der Waals surface area contributed by atoms with E-state index in [0.29, 0.717) is 0 Å². The highest BCUT2D eigenvalue weighted by molar-refractivity contribution is 5.73. The van der Waals surface area contributed by atoms with Gasteiger partial charge in [0.15, 0.2) is 0 Å². The molecule has 0 aliphatic heterocycles. The van der Waals surface area contributed by atoms with E-state index in [1.807, 2.05) is 6.92 Å². The Balaban J connectivity index is 3.50. The van der Waals surface area contributed by atoms with Crippen molar-refractivity contribution in [2.45, 2.75) is 13.3 Å². The number of hydrogen-bond acceptors (Lipinski definition) is 2. The van der Waals surface area contributed by atoms with Crippen molar-refractivity contribution < 1.29 is 9.90 Å². The summed E-state index contributed by atoms with van der Waals surface area (Å²) in [6, 6.07) is 0. The van der Waals surface area contributed by atoms with Crippen LogP contribution in [0.2, 0.25) is 0 Å². The van der Waals surface area contributed by atoms with Gasteiger partial charge in [-0.25, -0.2) is 0 Å². The lowest BCUT2D eigenvalue weighted by Crippen LogP contribution is -2.04. The quantitative estimate of drug-likeness (QED) is 0.573. The van der Waals surface area contributed by atoms with Crippen LogP contribution in [0.5, 0.6) is 0 Å². The average Bonchev–Trinajstić information content (AvgIpc) is 1.63. The summed E-state index contributed by atoms with van der Waals surface area (Å²) in [5.74, 6) is -0.727. The Hall–Kier alpha value is -0.860. The van der Waals surface area contributed by atoms with Crippen molar-refractivity contribution in [2.75, 3.05) is 7.05 Å². The van der Waals surface area contributed by atoms with Crippen molar-refractivity contribution >= 4 is 12.2 Å². The highest BCUT2D eigenvalue weighted by Gasteiger charge is 2.02. The summed E-state index contributed by atoms with van der Waals surface area (Å²) >= 11 is 0. The van der Waals surface area contributed by atoms with Crippen LogP contribution in [0, 0.1) is 5.92 Å². The number of nitrogens with zero attached hydrogens (tertiary/aromatic N) is 1. The van der Waals surface area contributed by atoms with Crippen molar-refractivity contribution in [3.8, 4) is 0 Å². The van der Waals surface area contributed by atoms with Gasteiger partial charge in [-0.05, 0) is 0 Å². The van der Waals surface area contributed by atoms with Gasteiger partial charge in [-0.1, -0.05) is 6.92 Å². The largest absolute Gasteiger partial charge is 0.481 e. The maximum atomic E-state index is 10.0. The number of carbonyl (C=O) groups is 1. The number of hydrogen-bond donors (Lipinski definition) is 1. The van der Waals surface area contributed by atoms with Gasteiger partial charge in [-0.3, -0.25) is 4.79 Å². The molecule has 52 valence electrons. The van der Waals surface area contributed by atoms with E-state index in [1.165, 1.54) is 0 Å². The number of carboxylic acids is 1. The monoisotopic (exact) mass is 129 g/mol. The number of rotatable bonds is 3. The lowest BCUT2D eigenvalue weighted by atomic mass is 10.1. The molecule has 0 aliphatic carbocycles. The molecule has 0 heterocycles. The van der Waals surface area contributed by atoms with Gasteiger partial charge in [-0.2, -0.15) is 0 Å². The Labute approximate surface area is 54.4 Å². The van der Waals surface area contributed by atoms with Gasteiger partial charge < -0.3 is 10.1 Å². The van der Waals surface area contributed by atoms with Crippen molar-refractivity contribution in [3.63, 3.8) is 0 Å². The van der Waals surface area contributed by atoms with Crippen LogP contribution in [0.25, 0.3) is 0 Å². The van der Waals surface area contributed by atoms with Gasteiger partial charge in [0, 0.05) is 19.2 Å². The topological polar surface area (TPSA) is 49.7 Å². The standard InChI is InChI=1S/C6H11NO2/c1-5(4-7-2)3-6(8)9/h4-5H,3H2,1-2H3,(H,8,9)/b7-4+. The van der Waals surface area contributed by atoms with Crippen LogP contribution in [0.4, 0.5) is 0 Å². The van der Waals surface area contributed by atoms with E-state index in [4.69, 9.17) is 5.11 Å². The third kappa shape index (κ3) is 5.00. The molecule has 0 aliphatic rings. The van der Waals surface area contributed by atoms with Crippen LogP contribution < -0.4 is 0 Å². The van der Waals surface area contributed by atoms with E-state index in [0.717, 1.165) is 0 Å². The molecule has 0 fully saturated rings. The third-order valence-electron chi connectivity index (χ3n) is 0.900. The fraction of sp³-hybridized carbons (Fsp3) is 0.667. The second kappa shape index (κ2) is 4.06. The van der Waals surface area contributed by atoms with Crippen molar-refractivity contribution in [1.29, 1.82) is 0 Å². The Morgan fingerprint density at radius 3 is 2.78 bits per heavy atom. The molecule has 0 spiro atoms. The maximum absolute atomic E-state index is 10.0. The van der Waals surface area contributed by atoms with Crippen LogP contribution in [0.1, 0.15) is 13.3 Å². The number of aliphatic imine (C=N–C) groups is 1. The summed E-state index contributed by atoms with van der Waals surface area (Å²) in [4.78, 5) is 13.7. The van der Waals surface area contributed by atoms with Gasteiger partial charge in [0.1, 0.15) is 0 Å². The molecule has 1 atom stereocenters. The summed E-state index contributed by atoms with van der Waals surface area (Å²) in [7, 11) is 1.64. The van der Waals surface area contributed by atoms with E-state index >= 15 is 0 Å². The molecule has 0 saturated carbocycles. The highest BCUT2D eigenvalue weighted by atomic mass is 16.4. The van der Waals surface area contributed by atoms with Crippen molar-refractivity contribution in [1.82, 2.24) is 0 Å². The molecule has 3 heteroatoms. The summed E-state index contributed by atoms with van der Waals surface area (Å²) < 4.78 is 0. The highest BCUT2D eigenvalue weighted by Crippen LogP contribution is 1.96. The van der Waals surface area contributed by atoms with Crippen LogP contribution in [-0.4, -0.2) is 24.3 Å². The van der Waals surface area contributed by atoms with Crippen LogP contribution >= 0.6 is 0 Å². The summed E-state index contributed by atoms with van der Waals surface area (Å²) in [6.45, 7) is 1.82. The smallest absolute Gasteiger partial charge is 0.303 e. The fourth-order valence-electron chi connectivity index (χ4n) is 0.583. The zero-order valence-electron chi connectivity index (χ0n) is 5.66. The summed E-state index contributed by atoms with van der Waals surface area (Å²) in [5, 5.41) is 8.25. The van der Waals surface area contributed by atoms with Crippen LogP contribution in [0.15, 0.2) is 4.99 Å². The minimum Gasteiger partial charge on any atom is -0.481 e. The Kier molecular flexibility index (Phi) is 3.67. The molecule has 0 aromatic carbocycles. The van der Waals surface area contributed by atoms with E-state index in [2.05, 4.69) is 4.99 Å². The predicted octanol–water partition coefficient (Wildman–Crippen LogP) is 0.798. The number of carboxylic acid groups (broad SMARTS) is 1. The van der Waals surface area contributed by atoms with Gasteiger partial charge in [0.25, 0.3) is 0 Å². The first-order valence-electron chi connectivity index (χ1n) is 2.81. The SMILES string of the molecule is C/N=C/C(C)CC(=O)O. The molecule has 0 aromatic rings. The molecule has 0 saturated heterocycles. The second-order valence-electron chi connectivity index (χ2n) is 1.98. The Morgan fingerprint density at radius 2 is 2.44 bits per heavy atom. The van der Waals surface area contributed by atoms with Gasteiger partial charge in [0.05, 0.1) is 6.42 Å². The molecule has 0 aromatic heterocycles. The molecule has 0 bridgehead atoms. The Bertz CT molecular complexity index is 120. The molecule has 0 radical (unpaired) electrons. The van der Waals surface area contributed by atoms with Crippen molar-refractivity contribution in [2.24, 2.45) is 10.9 Å². The fourth-order valence-corrected chi connectivity index (χ4v) is 0.583. The minimum absolute atomic E-state index is 0.0486. The third-order valence-corrected chi connectivity index (χ3v) is 0.900. The van der Waals surface area contributed by atoms with E-state index in [-0.39, 0.29) is 12.3 Å². The lowest BCUT2D eigenvalue weighted by molar-refractivity contribution is -0.137. The molecule has 1 N–H and O–H groups in total. The first-order chi connectivity index (χ1) is 4.16. The van der Waals surface area contributed by atoms with Crippen molar-refractivity contribution in [3.05, 3.63) is 0 Å². The maximum Gasteiger partial charge on any atom is 0.303 e. The second-order valence-corrected chi connectivity index (χ2v) is 1.98. The number of aliphatic carboxylic acids is 1. The van der Waals surface area contributed by atoms with E-state index < -0.39 is 5.97 Å². The summed E-state index contributed by atoms with van der Waals surface area (Å²) in [6.07, 6.45) is 1.80. The Morgan fingerprint density at radius 1 is 1.89 bits per heavy atom. The molecular formula is C6H11NO2. The normalized spacial score (nSPS) is 14.0. The first-order valence-corrected chi connectivity index (χ1v) is 2.81. The molecule has 9 heavy (non-hydrogen) atoms. The van der Waals surface area contributed by atoms with Crippen LogP contribution in [0.3, 0.4) is 0 Å². The average molecular weight is 129 g/mol. The zero-order valence-corrected chi connectivity index (χ0v) is 5.66. The van der Waals surface area contributed by atoms with Gasteiger partial charge >= 0.3 is 5.97 Å². The molecule has 1 unspecified atom stereocenters. The molecule has 0 amide bonds. The van der Waals surface area contributed by atoms with E-state index in [1.54, 1.807) is 13.3 Å². The molecular weight excluding hydrogens is 118 g/mol. The van der Waals surface area contributed by atoms with Gasteiger partial charge in [-0.15, -0.1) is 0 Å². The van der Waals surface area contributed by atoms with Gasteiger partial charge in [0.2, 0.25) is 0 Å². The predicted molar refractivity (Wildman–Crippen MR) is 35.8 cm³/mol. The zero-order chi connectivity index (χ0) is 7.28. The molecule has 3 nitrogen and oxygen atoms in total. The van der Waals surface area contributed by atoms with E-state index in [9.17, 15) is 4.79 Å². The first kappa shape index (κ1) is 8.14. The molecule has 0 rings (SSSR count). The van der Waals surface area contributed by atoms with Crippen LogP contribution in [-0.2, 0) is 4.79 Å².